The fourth-order valence-electron chi connectivity index (χ4n) is 5.05. The molecule has 2 heterocycles. The van der Waals surface area contributed by atoms with Crippen molar-refractivity contribution >= 4 is 44.1 Å². The molecule has 0 radical (unpaired) electrons. The van der Waals surface area contributed by atoms with E-state index in [1.807, 2.05) is 86.6 Å². The quantitative estimate of drug-likeness (QED) is 0.139. The van der Waals surface area contributed by atoms with Crippen LogP contribution in [-0.4, -0.2) is 21.8 Å². The van der Waals surface area contributed by atoms with E-state index in [4.69, 9.17) is 9.72 Å². The van der Waals surface area contributed by atoms with Gasteiger partial charge in [-0.05, 0) is 54.3 Å². The molecule has 0 spiro atoms. The van der Waals surface area contributed by atoms with Crippen LogP contribution in [0, 0.1) is 13.8 Å². The van der Waals surface area contributed by atoms with Crippen LogP contribution in [0.1, 0.15) is 33.9 Å². The largest absolute Gasteiger partial charge is 0.507 e. The number of anilines is 1. The van der Waals surface area contributed by atoms with Gasteiger partial charge in [0, 0.05) is 5.56 Å². The molecule has 5 aromatic rings. The minimum absolute atomic E-state index is 0.0290. The molecular weight excluding hydrogens is 520 g/mol. The number of aliphatic hydroxyl groups excluding tert-OH is 1. The number of nitrogens with zero attached hydrogens (tertiary/aromatic N) is 2. The topological polar surface area (TPSA) is 79.7 Å². The first-order valence-corrected chi connectivity index (χ1v) is 13.7. The molecule has 4 aromatic carbocycles. The second-order valence-electron chi connectivity index (χ2n) is 9.80. The van der Waals surface area contributed by atoms with E-state index in [0.717, 1.165) is 26.9 Å². The Bertz CT molecular complexity index is 1760. The van der Waals surface area contributed by atoms with Crippen molar-refractivity contribution in [1.82, 2.24) is 4.98 Å². The van der Waals surface area contributed by atoms with Crippen molar-refractivity contribution in [1.29, 1.82) is 0 Å². The molecule has 40 heavy (non-hydrogen) atoms. The van der Waals surface area contributed by atoms with E-state index in [2.05, 4.69) is 0 Å². The van der Waals surface area contributed by atoms with Gasteiger partial charge in [-0.3, -0.25) is 14.5 Å². The van der Waals surface area contributed by atoms with Gasteiger partial charge < -0.3 is 9.84 Å². The van der Waals surface area contributed by atoms with E-state index in [-0.39, 0.29) is 11.3 Å². The van der Waals surface area contributed by atoms with Gasteiger partial charge in [-0.1, -0.05) is 90.2 Å². The summed E-state index contributed by atoms with van der Waals surface area (Å²) in [5.74, 6) is -1.04. The van der Waals surface area contributed by atoms with E-state index in [1.54, 1.807) is 24.3 Å². The van der Waals surface area contributed by atoms with Gasteiger partial charge >= 0.3 is 5.91 Å². The Balaban J connectivity index is 1.44. The number of carbonyl (C=O) groups excluding carboxylic acids is 2. The predicted octanol–water partition coefficient (Wildman–Crippen LogP) is 7.12. The lowest BCUT2D eigenvalue weighted by molar-refractivity contribution is -0.132. The summed E-state index contributed by atoms with van der Waals surface area (Å²) in [5.41, 5.74) is 5.08. The number of hydrogen-bond acceptors (Lipinski definition) is 6. The summed E-state index contributed by atoms with van der Waals surface area (Å²) in [6, 6.07) is 29.2. The van der Waals surface area contributed by atoms with Gasteiger partial charge in [0.15, 0.2) is 5.13 Å². The molecule has 1 saturated heterocycles. The maximum Gasteiger partial charge on any atom is 0.301 e. The summed E-state index contributed by atoms with van der Waals surface area (Å²) < 4.78 is 6.88. The first kappa shape index (κ1) is 25.5. The van der Waals surface area contributed by atoms with E-state index in [1.165, 1.54) is 16.2 Å². The van der Waals surface area contributed by atoms with E-state index in [9.17, 15) is 14.7 Å². The molecule has 1 N–H and O–H groups in total. The number of amides is 1. The maximum atomic E-state index is 13.6. The van der Waals surface area contributed by atoms with Crippen LogP contribution >= 0.6 is 11.3 Å². The second kappa shape index (κ2) is 10.4. The average molecular weight is 547 g/mol. The summed E-state index contributed by atoms with van der Waals surface area (Å²) in [6.07, 6.45) is 0. The number of aromatic nitrogens is 1. The number of ether oxygens (including phenoxy) is 1. The monoisotopic (exact) mass is 546 g/mol. The number of aliphatic hydroxyl groups is 1. The standard InChI is InChI=1S/C33H26N2O4S/c1-20-17-21(2)28-26(18-20)40-33(34-28)35-29(27(31(37)32(35)38)30(36)24-11-7-4-8-12-24)23-13-15-25(16-14-23)39-19-22-9-5-3-6-10-22/h3-18,29,36H,19H2,1-2H3. The SMILES string of the molecule is Cc1cc(C)c2nc(N3C(=O)C(=O)C(=C(O)c4ccccc4)C3c3ccc(OCc4ccccc4)cc3)sc2c1. The average Bonchev–Trinajstić information content (AvgIpc) is 3.51. The van der Waals surface area contributed by atoms with Crippen LogP contribution < -0.4 is 9.64 Å². The minimum Gasteiger partial charge on any atom is -0.507 e. The second-order valence-corrected chi connectivity index (χ2v) is 10.8. The Morgan fingerprint density at radius 2 is 1.60 bits per heavy atom. The van der Waals surface area contributed by atoms with Gasteiger partial charge in [0.1, 0.15) is 18.1 Å². The molecule has 1 aliphatic rings. The number of aryl methyl sites for hydroxylation is 2. The van der Waals surface area contributed by atoms with Crippen molar-refractivity contribution < 1.29 is 19.4 Å². The molecule has 1 fully saturated rings. The Morgan fingerprint density at radius 1 is 0.925 bits per heavy atom. The Hall–Kier alpha value is -4.75. The maximum absolute atomic E-state index is 13.6. The summed E-state index contributed by atoms with van der Waals surface area (Å²) in [4.78, 5) is 33.3. The summed E-state index contributed by atoms with van der Waals surface area (Å²) in [5, 5.41) is 11.7. The van der Waals surface area contributed by atoms with Crippen molar-refractivity contribution in [2.45, 2.75) is 26.5 Å². The van der Waals surface area contributed by atoms with Crippen LogP contribution in [0.4, 0.5) is 5.13 Å². The fourth-order valence-corrected chi connectivity index (χ4v) is 6.21. The van der Waals surface area contributed by atoms with Crippen molar-refractivity contribution in [3.05, 3.63) is 130 Å². The Labute approximate surface area is 235 Å². The highest BCUT2D eigenvalue weighted by molar-refractivity contribution is 7.22. The molecule has 1 aliphatic heterocycles. The van der Waals surface area contributed by atoms with Gasteiger partial charge in [-0.25, -0.2) is 4.98 Å². The summed E-state index contributed by atoms with van der Waals surface area (Å²) in [7, 11) is 0. The molecule has 1 amide bonds. The highest BCUT2D eigenvalue weighted by Gasteiger charge is 2.48. The highest BCUT2D eigenvalue weighted by atomic mass is 32.1. The predicted molar refractivity (Wildman–Crippen MR) is 158 cm³/mol. The lowest BCUT2D eigenvalue weighted by atomic mass is 9.95. The zero-order valence-electron chi connectivity index (χ0n) is 22.0. The van der Waals surface area contributed by atoms with Gasteiger partial charge in [0.25, 0.3) is 5.78 Å². The molecule has 198 valence electrons. The van der Waals surface area contributed by atoms with Crippen molar-refractivity contribution in [3.63, 3.8) is 0 Å². The first-order valence-electron chi connectivity index (χ1n) is 12.9. The smallest absolute Gasteiger partial charge is 0.301 e. The number of thiazole rings is 1. The highest BCUT2D eigenvalue weighted by Crippen LogP contribution is 2.45. The van der Waals surface area contributed by atoms with Gasteiger partial charge in [0.2, 0.25) is 0 Å². The number of Topliss-reactive ketones (excluding diaryl/α,β-unsaturated/α-hetero) is 1. The van der Waals surface area contributed by atoms with E-state index >= 15 is 0 Å². The number of carbonyl (C=O) groups is 2. The number of hydrogen-bond donors (Lipinski definition) is 1. The molecule has 7 heteroatoms. The third-order valence-corrected chi connectivity index (χ3v) is 7.96. The van der Waals surface area contributed by atoms with Crippen LogP contribution in [0.2, 0.25) is 0 Å². The lowest BCUT2D eigenvalue weighted by Gasteiger charge is -2.23. The first-order chi connectivity index (χ1) is 19.4. The molecule has 1 atom stereocenters. The molecule has 6 nitrogen and oxygen atoms in total. The number of rotatable bonds is 6. The lowest BCUT2D eigenvalue weighted by Crippen LogP contribution is -2.29. The Kier molecular flexibility index (Phi) is 6.66. The van der Waals surface area contributed by atoms with Crippen LogP contribution in [0.25, 0.3) is 16.0 Å². The van der Waals surface area contributed by atoms with Crippen LogP contribution in [-0.2, 0) is 16.2 Å². The van der Waals surface area contributed by atoms with Crippen LogP contribution in [0.15, 0.2) is 103 Å². The molecule has 6 rings (SSSR count). The summed E-state index contributed by atoms with van der Waals surface area (Å²) >= 11 is 1.36. The van der Waals surface area contributed by atoms with E-state index < -0.39 is 17.7 Å². The minimum atomic E-state index is -0.856. The Morgan fingerprint density at radius 3 is 2.30 bits per heavy atom. The van der Waals surface area contributed by atoms with Crippen LogP contribution in [0.5, 0.6) is 5.75 Å². The molecule has 0 bridgehead atoms. The third-order valence-electron chi connectivity index (χ3n) is 6.96. The number of ketones is 1. The van der Waals surface area contributed by atoms with Gasteiger partial charge in [0.05, 0.1) is 21.8 Å². The number of benzene rings is 4. The van der Waals surface area contributed by atoms with Gasteiger partial charge in [-0.2, -0.15) is 0 Å². The zero-order chi connectivity index (χ0) is 27.8. The van der Waals surface area contributed by atoms with E-state index in [0.29, 0.717) is 28.6 Å². The van der Waals surface area contributed by atoms with Crippen LogP contribution in [0.3, 0.4) is 0 Å². The molecular formula is C33H26N2O4S. The molecule has 1 aromatic heterocycles. The third kappa shape index (κ3) is 4.65. The summed E-state index contributed by atoms with van der Waals surface area (Å²) in [6.45, 7) is 4.41. The van der Waals surface area contributed by atoms with Crippen molar-refractivity contribution in [3.8, 4) is 5.75 Å². The zero-order valence-corrected chi connectivity index (χ0v) is 22.8. The molecule has 0 aliphatic carbocycles. The molecule has 1 unspecified atom stereocenters. The fraction of sp³-hybridized carbons (Fsp3) is 0.121. The normalized spacial score (nSPS) is 16.6. The molecule has 0 saturated carbocycles. The number of fused-ring (bicyclic) bond motifs is 1. The van der Waals surface area contributed by atoms with Crippen molar-refractivity contribution in [2.24, 2.45) is 0 Å². The van der Waals surface area contributed by atoms with Gasteiger partial charge in [-0.15, -0.1) is 0 Å². The van der Waals surface area contributed by atoms with Crippen molar-refractivity contribution in [2.75, 3.05) is 4.90 Å².